The van der Waals surface area contributed by atoms with Crippen LogP contribution >= 0.6 is 0 Å². The topological polar surface area (TPSA) is 59.1 Å². The van der Waals surface area contributed by atoms with Crippen LogP contribution in [0.3, 0.4) is 0 Å². The third-order valence-corrected chi connectivity index (χ3v) is 4.14. The molecule has 2 N–H and O–H groups in total. The number of anilines is 1. The Hall–Kier alpha value is -1.79. The van der Waals surface area contributed by atoms with Crippen LogP contribution in [0.15, 0.2) is 36.1 Å². The summed E-state index contributed by atoms with van der Waals surface area (Å²) in [5.74, 6) is 0.322. The first-order valence-corrected chi connectivity index (χ1v) is 8.23. The molecule has 0 aromatic carbocycles. The van der Waals surface area contributed by atoms with Crippen molar-refractivity contribution in [3.05, 3.63) is 41.6 Å². The van der Waals surface area contributed by atoms with E-state index in [0.717, 1.165) is 31.5 Å². The molecule has 124 valence electrons. The van der Waals surface area contributed by atoms with Gasteiger partial charge in [-0.25, -0.2) is 14.4 Å². The highest BCUT2D eigenvalue weighted by atomic mass is 19.1. The van der Waals surface area contributed by atoms with E-state index < -0.39 is 0 Å². The molecular weight excluding hydrogens is 295 g/mol. The van der Waals surface area contributed by atoms with Gasteiger partial charge in [-0.2, -0.15) is 0 Å². The maximum atomic E-state index is 14.4. The maximum Gasteiger partial charge on any atom is 0.227 e. The number of nitrogens with zero attached hydrogens (tertiary/aromatic N) is 2. The molecule has 1 fully saturated rings. The fraction of sp³-hybridized carbons (Fsp3) is 0.529. The van der Waals surface area contributed by atoms with E-state index in [2.05, 4.69) is 27.5 Å². The van der Waals surface area contributed by atoms with E-state index in [-0.39, 0.29) is 17.8 Å². The summed E-state index contributed by atoms with van der Waals surface area (Å²) in [5, 5.41) is 6.24. The number of allylic oxidation sites excluding steroid dienone is 2. The van der Waals surface area contributed by atoms with Gasteiger partial charge in [0.1, 0.15) is 5.83 Å². The minimum atomic E-state index is -0.173. The molecule has 3 rings (SSSR count). The van der Waals surface area contributed by atoms with E-state index in [1.807, 2.05) is 6.08 Å². The fourth-order valence-corrected chi connectivity index (χ4v) is 2.88. The van der Waals surface area contributed by atoms with E-state index in [4.69, 9.17) is 4.74 Å². The van der Waals surface area contributed by atoms with Crippen LogP contribution in [0.4, 0.5) is 10.3 Å². The van der Waals surface area contributed by atoms with Gasteiger partial charge in [0.15, 0.2) is 0 Å². The second-order valence-electron chi connectivity index (χ2n) is 5.95. The molecule has 6 heteroatoms. The van der Waals surface area contributed by atoms with Crippen molar-refractivity contribution in [3.8, 4) is 0 Å². The molecule has 1 aromatic rings. The first-order valence-electron chi connectivity index (χ1n) is 8.23. The second kappa shape index (κ2) is 7.66. The summed E-state index contributed by atoms with van der Waals surface area (Å²) in [7, 11) is 0. The Morgan fingerprint density at radius 3 is 2.87 bits per heavy atom. The van der Waals surface area contributed by atoms with Crippen molar-refractivity contribution in [2.45, 2.75) is 32.3 Å². The van der Waals surface area contributed by atoms with Gasteiger partial charge in [0.2, 0.25) is 5.95 Å². The van der Waals surface area contributed by atoms with Gasteiger partial charge in [-0.05, 0) is 18.1 Å². The van der Waals surface area contributed by atoms with E-state index in [0.29, 0.717) is 24.7 Å². The molecule has 2 heterocycles. The van der Waals surface area contributed by atoms with Gasteiger partial charge in [0, 0.05) is 37.8 Å². The van der Waals surface area contributed by atoms with Crippen molar-refractivity contribution in [3.63, 3.8) is 0 Å². The number of halogens is 1. The summed E-state index contributed by atoms with van der Waals surface area (Å²) < 4.78 is 20.1. The molecule has 1 unspecified atom stereocenters. The second-order valence-corrected chi connectivity index (χ2v) is 5.95. The normalized spacial score (nSPS) is 24.8. The summed E-state index contributed by atoms with van der Waals surface area (Å²) in [6.07, 6.45) is 9.74. The molecule has 1 aliphatic heterocycles. The molecule has 1 saturated heterocycles. The molecule has 2 atom stereocenters. The number of ether oxygens (including phenoxy) is 1. The summed E-state index contributed by atoms with van der Waals surface area (Å²) in [5.41, 5.74) is 1.53. The molecular formula is C17H23FN4O. The average molecular weight is 318 g/mol. The number of morpholine rings is 1. The lowest BCUT2D eigenvalue weighted by Gasteiger charge is -2.30. The molecule has 1 aliphatic carbocycles. The van der Waals surface area contributed by atoms with Crippen molar-refractivity contribution in [1.82, 2.24) is 15.3 Å². The Morgan fingerprint density at radius 1 is 1.39 bits per heavy atom. The fourth-order valence-electron chi connectivity index (χ4n) is 2.88. The van der Waals surface area contributed by atoms with Gasteiger partial charge in [-0.15, -0.1) is 0 Å². The quantitative estimate of drug-likeness (QED) is 0.874. The molecule has 2 aliphatic rings. The lowest BCUT2D eigenvalue weighted by Crippen LogP contribution is -2.42. The zero-order valence-corrected chi connectivity index (χ0v) is 13.4. The Morgan fingerprint density at radius 2 is 2.22 bits per heavy atom. The van der Waals surface area contributed by atoms with Crippen LogP contribution in [-0.2, 0) is 11.2 Å². The Kier molecular flexibility index (Phi) is 5.35. The van der Waals surface area contributed by atoms with E-state index in [1.165, 1.54) is 0 Å². The van der Waals surface area contributed by atoms with Crippen molar-refractivity contribution >= 4 is 5.95 Å². The van der Waals surface area contributed by atoms with Crippen LogP contribution in [0, 0.1) is 5.92 Å². The average Bonchev–Trinajstić information content (AvgIpc) is 2.59. The van der Waals surface area contributed by atoms with Crippen molar-refractivity contribution in [2.75, 3.05) is 25.0 Å². The minimum absolute atomic E-state index is 0.0388. The summed E-state index contributed by atoms with van der Waals surface area (Å²) in [4.78, 5) is 8.49. The maximum absolute atomic E-state index is 14.4. The van der Waals surface area contributed by atoms with E-state index in [1.54, 1.807) is 18.5 Å². The van der Waals surface area contributed by atoms with E-state index >= 15 is 0 Å². The Labute approximate surface area is 136 Å². The minimum Gasteiger partial charge on any atom is -0.375 e. The summed E-state index contributed by atoms with van der Waals surface area (Å²) in [6, 6.07) is 0. The molecule has 0 bridgehead atoms. The number of nitrogens with one attached hydrogen (secondary N) is 2. The first kappa shape index (κ1) is 16.1. The van der Waals surface area contributed by atoms with Gasteiger partial charge < -0.3 is 15.4 Å². The highest BCUT2D eigenvalue weighted by molar-refractivity contribution is 5.43. The number of aryl methyl sites for hydroxylation is 1. The molecule has 5 nitrogen and oxygen atoms in total. The lowest BCUT2D eigenvalue weighted by atomic mass is 9.92. The monoisotopic (exact) mass is 318 g/mol. The van der Waals surface area contributed by atoms with E-state index in [9.17, 15) is 4.39 Å². The Bertz CT molecular complexity index is 579. The van der Waals surface area contributed by atoms with Crippen LogP contribution in [0.5, 0.6) is 0 Å². The molecule has 0 radical (unpaired) electrons. The number of rotatable bonds is 5. The predicted molar refractivity (Wildman–Crippen MR) is 87.6 cm³/mol. The number of aromatic nitrogens is 2. The standard InChI is InChI=1S/C17H23FN4O/c1-2-3-12-9-20-17(21-10-12)22-15-5-4-13(8-14(15)18)16-11-19-6-7-23-16/h4-5,9-10,13,16,19H,2-3,6-8,11H2,1H3,(H,20,21,22)/t13?,16-/m1/s1. The van der Waals surface area contributed by atoms with Crippen molar-refractivity contribution in [1.29, 1.82) is 0 Å². The molecule has 23 heavy (non-hydrogen) atoms. The van der Waals surface area contributed by atoms with Crippen LogP contribution < -0.4 is 10.6 Å². The molecule has 0 spiro atoms. The smallest absolute Gasteiger partial charge is 0.227 e. The third-order valence-electron chi connectivity index (χ3n) is 4.14. The third kappa shape index (κ3) is 4.14. The van der Waals surface area contributed by atoms with Gasteiger partial charge in [0.05, 0.1) is 18.4 Å². The molecule has 0 amide bonds. The predicted octanol–water partition coefficient (Wildman–Crippen LogP) is 2.59. The number of hydrogen-bond acceptors (Lipinski definition) is 5. The highest BCUT2D eigenvalue weighted by Gasteiger charge is 2.27. The van der Waals surface area contributed by atoms with Gasteiger partial charge >= 0.3 is 0 Å². The van der Waals surface area contributed by atoms with Crippen LogP contribution in [0.25, 0.3) is 0 Å². The zero-order valence-electron chi connectivity index (χ0n) is 13.4. The summed E-state index contributed by atoms with van der Waals surface area (Å²) >= 11 is 0. The van der Waals surface area contributed by atoms with Crippen molar-refractivity contribution in [2.24, 2.45) is 5.92 Å². The van der Waals surface area contributed by atoms with Crippen LogP contribution in [0.1, 0.15) is 25.3 Å². The van der Waals surface area contributed by atoms with Crippen molar-refractivity contribution < 1.29 is 9.13 Å². The van der Waals surface area contributed by atoms with Crippen LogP contribution in [-0.4, -0.2) is 35.8 Å². The Balaban J connectivity index is 1.61. The first-order chi connectivity index (χ1) is 11.3. The zero-order chi connectivity index (χ0) is 16.1. The van der Waals surface area contributed by atoms with Gasteiger partial charge in [-0.3, -0.25) is 0 Å². The van der Waals surface area contributed by atoms with Gasteiger partial charge in [0.25, 0.3) is 0 Å². The van der Waals surface area contributed by atoms with Gasteiger partial charge in [-0.1, -0.05) is 19.4 Å². The van der Waals surface area contributed by atoms with Crippen LogP contribution in [0.2, 0.25) is 0 Å². The number of hydrogen-bond donors (Lipinski definition) is 2. The summed E-state index contributed by atoms with van der Waals surface area (Å²) in [6.45, 7) is 4.43. The molecule has 0 saturated carbocycles. The SMILES string of the molecule is CCCc1cnc(NC2=C(F)CC([C@H]3CNCCO3)C=C2)nc1. The molecule has 1 aromatic heterocycles. The highest BCUT2D eigenvalue weighted by Crippen LogP contribution is 2.28. The largest absolute Gasteiger partial charge is 0.375 e. The lowest BCUT2D eigenvalue weighted by molar-refractivity contribution is 0.00174.